The van der Waals surface area contributed by atoms with E-state index in [4.69, 9.17) is 27.9 Å². The molecule has 0 aliphatic carbocycles. The summed E-state index contributed by atoms with van der Waals surface area (Å²) < 4.78 is 5.41. The number of ether oxygens (including phenoxy) is 1. The molecule has 0 spiro atoms. The van der Waals surface area contributed by atoms with E-state index < -0.39 is 23.1 Å². The highest BCUT2D eigenvalue weighted by molar-refractivity contribution is 6.35. The standard InChI is InChI=1S/C13H11Cl2NO4/c1-6(17)16-12-10(18)11(19)13(2,20-12)8-4-3-7(14)5-9(8)15/h3-5,18H,1-2H3,(H,16,17). The first-order valence-electron chi connectivity index (χ1n) is 5.66. The van der Waals surface area contributed by atoms with Crippen LogP contribution in [0.1, 0.15) is 19.4 Å². The molecule has 1 aromatic rings. The van der Waals surface area contributed by atoms with Crippen molar-refractivity contribution < 1.29 is 19.4 Å². The van der Waals surface area contributed by atoms with Crippen molar-refractivity contribution in [3.63, 3.8) is 0 Å². The van der Waals surface area contributed by atoms with Crippen LogP contribution in [-0.2, 0) is 19.9 Å². The van der Waals surface area contributed by atoms with Gasteiger partial charge in [0.2, 0.25) is 23.2 Å². The number of carbonyl (C=O) groups is 2. The van der Waals surface area contributed by atoms with Gasteiger partial charge in [0.05, 0.1) is 0 Å². The molecule has 1 aliphatic rings. The molecule has 0 bridgehead atoms. The lowest BCUT2D eigenvalue weighted by Gasteiger charge is -2.24. The number of nitrogens with one attached hydrogen (secondary N) is 1. The molecular formula is C13H11Cl2NO4. The van der Waals surface area contributed by atoms with E-state index >= 15 is 0 Å². The van der Waals surface area contributed by atoms with Gasteiger partial charge in [0, 0.05) is 22.5 Å². The summed E-state index contributed by atoms with van der Waals surface area (Å²) in [5.74, 6) is -2.08. The Labute approximate surface area is 125 Å². The first-order valence-corrected chi connectivity index (χ1v) is 6.41. The van der Waals surface area contributed by atoms with E-state index in [0.29, 0.717) is 10.6 Å². The van der Waals surface area contributed by atoms with Crippen molar-refractivity contribution in [2.24, 2.45) is 0 Å². The Morgan fingerprint density at radius 3 is 2.60 bits per heavy atom. The molecule has 0 fully saturated rings. The Bertz CT molecular complexity index is 641. The molecule has 0 saturated carbocycles. The lowest BCUT2D eigenvalue weighted by molar-refractivity contribution is -0.132. The van der Waals surface area contributed by atoms with Crippen LogP contribution >= 0.6 is 23.2 Å². The van der Waals surface area contributed by atoms with E-state index in [-0.39, 0.29) is 10.9 Å². The minimum atomic E-state index is -1.51. The Morgan fingerprint density at radius 1 is 1.40 bits per heavy atom. The van der Waals surface area contributed by atoms with Gasteiger partial charge in [-0.25, -0.2) is 0 Å². The molecule has 0 saturated heterocycles. The van der Waals surface area contributed by atoms with E-state index in [1.165, 1.54) is 26.0 Å². The maximum atomic E-state index is 12.2. The molecule has 2 rings (SSSR count). The Balaban J connectivity index is 2.43. The van der Waals surface area contributed by atoms with Gasteiger partial charge in [0.25, 0.3) is 5.78 Å². The minimum Gasteiger partial charge on any atom is -0.501 e. The second-order valence-electron chi connectivity index (χ2n) is 4.45. The first-order chi connectivity index (χ1) is 9.25. The molecule has 1 aliphatic heterocycles. The molecule has 2 N–H and O–H groups in total. The number of Topliss-reactive ketones (excluding diaryl/α,β-unsaturated/α-hetero) is 1. The minimum absolute atomic E-state index is 0.227. The number of ketones is 1. The molecule has 1 unspecified atom stereocenters. The van der Waals surface area contributed by atoms with Crippen molar-refractivity contribution in [1.82, 2.24) is 5.32 Å². The average molecular weight is 316 g/mol. The van der Waals surface area contributed by atoms with Gasteiger partial charge in [-0.2, -0.15) is 0 Å². The third-order valence-electron chi connectivity index (χ3n) is 2.90. The Hall–Kier alpha value is -1.72. The molecule has 5 nitrogen and oxygen atoms in total. The van der Waals surface area contributed by atoms with Crippen molar-refractivity contribution in [1.29, 1.82) is 0 Å². The normalized spacial score (nSPS) is 21.9. The highest BCUT2D eigenvalue weighted by atomic mass is 35.5. The highest BCUT2D eigenvalue weighted by Crippen LogP contribution is 2.40. The fourth-order valence-electron chi connectivity index (χ4n) is 1.93. The molecule has 1 atom stereocenters. The van der Waals surface area contributed by atoms with Gasteiger partial charge in [-0.15, -0.1) is 0 Å². The van der Waals surface area contributed by atoms with Crippen LogP contribution in [0.3, 0.4) is 0 Å². The molecule has 1 aromatic carbocycles. The summed E-state index contributed by atoms with van der Waals surface area (Å²) in [6, 6.07) is 4.55. The zero-order valence-electron chi connectivity index (χ0n) is 10.7. The van der Waals surface area contributed by atoms with E-state index in [2.05, 4.69) is 5.32 Å². The summed E-state index contributed by atoms with van der Waals surface area (Å²) in [6.45, 7) is 2.69. The van der Waals surface area contributed by atoms with E-state index in [0.717, 1.165) is 0 Å². The topological polar surface area (TPSA) is 75.6 Å². The van der Waals surface area contributed by atoms with Crippen molar-refractivity contribution in [3.8, 4) is 0 Å². The fraction of sp³-hybridized carbons (Fsp3) is 0.231. The number of carbonyl (C=O) groups excluding carboxylic acids is 2. The molecule has 20 heavy (non-hydrogen) atoms. The van der Waals surface area contributed by atoms with Gasteiger partial charge in [0.1, 0.15) is 0 Å². The lowest BCUT2D eigenvalue weighted by Crippen LogP contribution is -2.32. The van der Waals surface area contributed by atoms with Crippen molar-refractivity contribution >= 4 is 34.9 Å². The quantitative estimate of drug-likeness (QED) is 0.879. The van der Waals surface area contributed by atoms with Crippen LogP contribution in [0.15, 0.2) is 29.8 Å². The van der Waals surface area contributed by atoms with Crippen LogP contribution in [0.2, 0.25) is 10.0 Å². The fourth-order valence-corrected chi connectivity index (χ4v) is 2.51. The number of rotatable bonds is 2. The maximum absolute atomic E-state index is 12.2. The Kier molecular flexibility index (Phi) is 3.67. The zero-order valence-corrected chi connectivity index (χ0v) is 12.2. The van der Waals surface area contributed by atoms with Crippen molar-refractivity contribution in [2.75, 3.05) is 0 Å². The monoisotopic (exact) mass is 315 g/mol. The molecule has 1 heterocycles. The molecule has 7 heteroatoms. The SMILES string of the molecule is CC(=O)NC1=C(O)C(=O)C(C)(c2ccc(Cl)cc2Cl)O1. The highest BCUT2D eigenvalue weighted by Gasteiger charge is 2.49. The third-order valence-corrected chi connectivity index (χ3v) is 3.45. The van der Waals surface area contributed by atoms with Gasteiger partial charge in [-0.3, -0.25) is 14.9 Å². The third kappa shape index (κ3) is 2.34. The summed E-state index contributed by atoms with van der Waals surface area (Å²) in [4.78, 5) is 23.2. The number of amides is 1. The summed E-state index contributed by atoms with van der Waals surface area (Å²) >= 11 is 11.9. The number of hydrogen-bond donors (Lipinski definition) is 2. The largest absolute Gasteiger partial charge is 0.501 e. The molecule has 1 amide bonds. The van der Waals surface area contributed by atoms with Gasteiger partial charge in [0.15, 0.2) is 0 Å². The number of benzene rings is 1. The van der Waals surface area contributed by atoms with E-state index in [9.17, 15) is 14.7 Å². The Morgan fingerprint density at radius 2 is 2.05 bits per heavy atom. The molecular weight excluding hydrogens is 305 g/mol. The summed E-state index contributed by atoms with van der Waals surface area (Å²) in [6.07, 6.45) is 0. The second-order valence-corrected chi connectivity index (χ2v) is 5.29. The van der Waals surface area contributed by atoms with Crippen molar-refractivity contribution in [3.05, 3.63) is 45.5 Å². The summed E-state index contributed by atoms with van der Waals surface area (Å²) in [5.41, 5.74) is -1.16. The number of aliphatic hydroxyl groups is 1. The van der Waals surface area contributed by atoms with Crippen LogP contribution in [0, 0.1) is 0 Å². The van der Waals surface area contributed by atoms with Crippen molar-refractivity contribution in [2.45, 2.75) is 19.4 Å². The molecule has 0 aromatic heterocycles. The van der Waals surface area contributed by atoms with Gasteiger partial charge < -0.3 is 9.84 Å². The van der Waals surface area contributed by atoms with Crippen LogP contribution in [0.25, 0.3) is 0 Å². The van der Waals surface area contributed by atoms with Crippen LogP contribution < -0.4 is 5.32 Å². The van der Waals surface area contributed by atoms with Gasteiger partial charge >= 0.3 is 0 Å². The summed E-state index contributed by atoms with van der Waals surface area (Å²) in [7, 11) is 0. The number of halogens is 2. The maximum Gasteiger partial charge on any atom is 0.250 e. The van der Waals surface area contributed by atoms with Crippen LogP contribution in [0.4, 0.5) is 0 Å². The van der Waals surface area contributed by atoms with Crippen LogP contribution in [-0.4, -0.2) is 16.8 Å². The molecule has 0 radical (unpaired) electrons. The predicted molar refractivity (Wildman–Crippen MR) is 73.4 cm³/mol. The zero-order chi connectivity index (χ0) is 15.1. The second kappa shape index (κ2) is 5.00. The van der Waals surface area contributed by atoms with Crippen LogP contribution in [0.5, 0.6) is 0 Å². The van der Waals surface area contributed by atoms with E-state index in [1.54, 1.807) is 6.07 Å². The molecule has 106 valence electrons. The van der Waals surface area contributed by atoms with E-state index in [1.807, 2.05) is 0 Å². The predicted octanol–water partition coefficient (Wildman–Crippen LogP) is 2.67. The number of hydrogen-bond acceptors (Lipinski definition) is 4. The number of aliphatic hydroxyl groups excluding tert-OH is 1. The summed E-state index contributed by atoms with van der Waals surface area (Å²) in [5, 5.41) is 12.7. The van der Waals surface area contributed by atoms with Gasteiger partial charge in [-0.05, 0) is 19.1 Å². The smallest absolute Gasteiger partial charge is 0.250 e. The first kappa shape index (κ1) is 14.7. The average Bonchev–Trinajstić information content (AvgIpc) is 2.54. The lowest BCUT2D eigenvalue weighted by atomic mass is 9.91. The van der Waals surface area contributed by atoms with Gasteiger partial charge in [-0.1, -0.05) is 29.3 Å².